The first-order valence-electron chi connectivity index (χ1n) is 5.33. The summed E-state index contributed by atoms with van der Waals surface area (Å²) in [5.41, 5.74) is 1.17. The van der Waals surface area contributed by atoms with Gasteiger partial charge in [0.2, 0.25) is 0 Å². The first-order chi connectivity index (χ1) is 8.70. The van der Waals surface area contributed by atoms with E-state index < -0.39 is 0 Å². The molecular formula is C12H13N3O3. The highest BCUT2D eigenvalue weighted by Crippen LogP contribution is 2.26. The number of aromatic amines is 1. The van der Waals surface area contributed by atoms with Crippen LogP contribution in [0.1, 0.15) is 16.1 Å². The van der Waals surface area contributed by atoms with Crippen LogP contribution in [-0.4, -0.2) is 28.1 Å². The number of amides is 1. The van der Waals surface area contributed by atoms with Crippen molar-refractivity contribution in [3.8, 4) is 11.5 Å². The number of carbonyl (C=O) groups is 1. The molecule has 6 nitrogen and oxygen atoms in total. The van der Waals surface area contributed by atoms with Crippen molar-refractivity contribution in [2.24, 2.45) is 0 Å². The first-order valence-corrected chi connectivity index (χ1v) is 5.33. The van der Waals surface area contributed by atoms with Gasteiger partial charge >= 0.3 is 0 Å². The van der Waals surface area contributed by atoms with Crippen LogP contribution in [0.4, 0.5) is 0 Å². The monoisotopic (exact) mass is 247 g/mol. The number of imidazole rings is 1. The number of methoxy groups -OCH3 is 1. The van der Waals surface area contributed by atoms with Crippen LogP contribution in [0.3, 0.4) is 0 Å². The number of hydrogen-bond acceptors (Lipinski definition) is 4. The summed E-state index contributed by atoms with van der Waals surface area (Å²) in [6.07, 6.45) is 3.17. The topological polar surface area (TPSA) is 87.2 Å². The van der Waals surface area contributed by atoms with E-state index in [1.54, 1.807) is 24.7 Å². The lowest BCUT2D eigenvalue weighted by Crippen LogP contribution is -2.22. The van der Waals surface area contributed by atoms with Crippen molar-refractivity contribution in [3.05, 3.63) is 42.0 Å². The van der Waals surface area contributed by atoms with Crippen LogP contribution in [0.5, 0.6) is 11.5 Å². The van der Waals surface area contributed by atoms with Gasteiger partial charge in [0, 0.05) is 11.8 Å². The maximum atomic E-state index is 11.8. The predicted molar refractivity (Wildman–Crippen MR) is 64.4 cm³/mol. The largest absolute Gasteiger partial charge is 0.504 e. The van der Waals surface area contributed by atoms with Gasteiger partial charge in [-0.3, -0.25) is 4.79 Å². The number of aromatic nitrogens is 2. The Morgan fingerprint density at radius 1 is 1.56 bits per heavy atom. The van der Waals surface area contributed by atoms with Gasteiger partial charge in [-0.05, 0) is 18.2 Å². The molecule has 0 bridgehead atoms. The maximum absolute atomic E-state index is 11.8. The molecule has 18 heavy (non-hydrogen) atoms. The minimum absolute atomic E-state index is 0.0632. The number of rotatable bonds is 4. The molecule has 0 radical (unpaired) electrons. The Bertz CT molecular complexity index is 538. The average molecular weight is 247 g/mol. The normalized spacial score (nSPS) is 10.1. The number of hydrogen-bond donors (Lipinski definition) is 3. The number of aromatic hydroxyl groups is 1. The van der Waals surface area contributed by atoms with E-state index >= 15 is 0 Å². The van der Waals surface area contributed by atoms with Crippen LogP contribution in [0.2, 0.25) is 0 Å². The second-order valence-corrected chi connectivity index (χ2v) is 3.65. The van der Waals surface area contributed by atoms with Gasteiger partial charge in [0.25, 0.3) is 5.91 Å². The molecule has 3 N–H and O–H groups in total. The molecule has 1 amide bonds. The number of phenols is 1. The summed E-state index contributed by atoms with van der Waals surface area (Å²) in [6.45, 7) is 0.353. The Labute approximate surface area is 104 Å². The van der Waals surface area contributed by atoms with Crippen LogP contribution >= 0.6 is 0 Å². The molecule has 0 unspecified atom stereocenters. The molecule has 0 spiro atoms. The number of H-pyrrole nitrogens is 1. The molecule has 2 rings (SSSR count). The van der Waals surface area contributed by atoms with Gasteiger partial charge in [0.05, 0.1) is 25.7 Å². The Balaban J connectivity index is 2.02. The molecule has 0 aliphatic rings. The third-order valence-corrected chi connectivity index (χ3v) is 2.44. The summed E-state index contributed by atoms with van der Waals surface area (Å²) in [5.74, 6) is -0.00522. The van der Waals surface area contributed by atoms with Crippen LogP contribution < -0.4 is 10.1 Å². The molecule has 0 atom stereocenters. The van der Waals surface area contributed by atoms with Crippen molar-refractivity contribution >= 4 is 5.91 Å². The van der Waals surface area contributed by atoms with Crippen molar-refractivity contribution in [2.45, 2.75) is 6.54 Å². The van der Waals surface area contributed by atoms with Crippen LogP contribution in [0.15, 0.2) is 30.7 Å². The van der Waals surface area contributed by atoms with Crippen molar-refractivity contribution in [1.29, 1.82) is 0 Å². The molecular weight excluding hydrogens is 234 g/mol. The van der Waals surface area contributed by atoms with Crippen molar-refractivity contribution in [2.75, 3.05) is 7.11 Å². The Morgan fingerprint density at radius 2 is 2.39 bits per heavy atom. The van der Waals surface area contributed by atoms with Gasteiger partial charge in [0.1, 0.15) is 0 Å². The zero-order valence-electron chi connectivity index (χ0n) is 9.80. The molecule has 0 aliphatic heterocycles. The summed E-state index contributed by atoms with van der Waals surface area (Å²) in [7, 11) is 1.45. The molecule has 0 saturated heterocycles. The predicted octanol–water partition coefficient (Wildman–Crippen LogP) is 1.05. The van der Waals surface area contributed by atoms with Gasteiger partial charge in [-0.2, -0.15) is 0 Å². The highest BCUT2D eigenvalue weighted by Gasteiger charge is 2.09. The third kappa shape index (κ3) is 2.60. The van der Waals surface area contributed by atoms with E-state index in [1.807, 2.05) is 0 Å². The Morgan fingerprint density at radius 3 is 3.00 bits per heavy atom. The second-order valence-electron chi connectivity index (χ2n) is 3.65. The maximum Gasteiger partial charge on any atom is 0.251 e. The number of benzene rings is 1. The van der Waals surface area contributed by atoms with E-state index in [2.05, 4.69) is 15.3 Å². The highest BCUT2D eigenvalue weighted by molar-refractivity contribution is 5.94. The van der Waals surface area contributed by atoms with E-state index in [0.29, 0.717) is 17.9 Å². The molecule has 1 aromatic carbocycles. The number of carbonyl (C=O) groups excluding carboxylic acids is 1. The van der Waals surface area contributed by atoms with Gasteiger partial charge < -0.3 is 20.1 Å². The first kappa shape index (κ1) is 12.0. The van der Waals surface area contributed by atoms with Crippen molar-refractivity contribution < 1.29 is 14.6 Å². The Hall–Kier alpha value is -2.50. The fraction of sp³-hybridized carbons (Fsp3) is 0.167. The van der Waals surface area contributed by atoms with E-state index in [4.69, 9.17) is 4.74 Å². The summed E-state index contributed by atoms with van der Waals surface area (Å²) in [5, 5.41) is 12.3. The van der Waals surface area contributed by atoms with Crippen LogP contribution in [-0.2, 0) is 6.54 Å². The van der Waals surface area contributed by atoms with E-state index in [1.165, 1.54) is 13.2 Å². The summed E-state index contributed by atoms with van der Waals surface area (Å²) in [4.78, 5) is 18.5. The zero-order valence-corrected chi connectivity index (χ0v) is 9.80. The molecule has 0 fully saturated rings. The third-order valence-electron chi connectivity index (χ3n) is 2.44. The highest BCUT2D eigenvalue weighted by atomic mass is 16.5. The molecule has 6 heteroatoms. The molecule has 1 heterocycles. The SMILES string of the molecule is COc1ccc(C(=O)NCc2cnc[nH]2)cc1O. The van der Waals surface area contributed by atoms with Crippen molar-refractivity contribution in [3.63, 3.8) is 0 Å². The minimum atomic E-state index is -0.275. The second kappa shape index (κ2) is 5.22. The number of nitrogens with one attached hydrogen (secondary N) is 2. The molecule has 1 aromatic heterocycles. The quantitative estimate of drug-likeness (QED) is 0.753. The lowest BCUT2D eigenvalue weighted by molar-refractivity contribution is 0.0950. The molecule has 0 saturated carbocycles. The van der Waals surface area contributed by atoms with E-state index in [-0.39, 0.29) is 11.7 Å². The smallest absolute Gasteiger partial charge is 0.251 e. The molecule has 2 aromatic rings. The van der Waals surface area contributed by atoms with Crippen LogP contribution in [0, 0.1) is 0 Å². The summed E-state index contributed by atoms with van der Waals surface area (Å²) < 4.78 is 4.90. The minimum Gasteiger partial charge on any atom is -0.504 e. The molecule has 0 aliphatic carbocycles. The van der Waals surface area contributed by atoms with E-state index in [0.717, 1.165) is 5.69 Å². The summed E-state index contributed by atoms with van der Waals surface area (Å²) in [6, 6.07) is 4.49. The fourth-order valence-corrected chi connectivity index (χ4v) is 1.49. The summed E-state index contributed by atoms with van der Waals surface area (Å²) >= 11 is 0. The van der Waals surface area contributed by atoms with Gasteiger partial charge in [-0.1, -0.05) is 0 Å². The molecule has 94 valence electrons. The standard InChI is InChI=1S/C12H13N3O3/c1-18-11-3-2-8(4-10(11)16)12(17)14-6-9-5-13-7-15-9/h2-5,7,16H,6H2,1H3,(H,13,15)(H,14,17). The Kier molecular flexibility index (Phi) is 3.47. The average Bonchev–Trinajstić information content (AvgIpc) is 2.89. The lowest BCUT2D eigenvalue weighted by Gasteiger charge is -2.06. The number of nitrogens with zero attached hydrogens (tertiary/aromatic N) is 1. The van der Waals surface area contributed by atoms with E-state index in [9.17, 15) is 9.90 Å². The lowest BCUT2D eigenvalue weighted by atomic mass is 10.2. The number of ether oxygens (including phenoxy) is 1. The fourth-order valence-electron chi connectivity index (χ4n) is 1.49. The zero-order chi connectivity index (χ0) is 13.0. The van der Waals surface area contributed by atoms with Crippen molar-refractivity contribution in [1.82, 2.24) is 15.3 Å². The van der Waals surface area contributed by atoms with Gasteiger partial charge in [-0.15, -0.1) is 0 Å². The van der Waals surface area contributed by atoms with Gasteiger partial charge in [-0.25, -0.2) is 4.98 Å². The number of phenolic OH excluding ortho intramolecular Hbond substituents is 1. The van der Waals surface area contributed by atoms with Crippen LogP contribution in [0.25, 0.3) is 0 Å². The van der Waals surface area contributed by atoms with Gasteiger partial charge in [0.15, 0.2) is 11.5 Å².